The summed E-state index contributed by atoms with van der Waals surface area (Å²) in [6.45, 7) is 2.06. The van der Waals surface area contributed by atoms with Crippen molar-refractivity contribution in [2.24, 2.45) is 0 Å². The molecule has 0 N–H and O–H groups in total. The third kappa shape index (κ3) is 2.43. The first-order chi connectivity index (χ1) is 8.46. The largest absolute Gasteiger partial charge is 0.144 e. The van der Waals surface area contributed by atoms with Crippen molar-refractivity contribution < 1.29 is 0 Å². The molecule has 0 aliphatic rings. The average molecular weight is 297 g/mol. The Kier molecular flexibility index (Phi) is 4.02. The summed E-state index contributed by atoms with van der Waals surface area (Å²) >= 11 is 12.9. The maximum Gasteiger partial charge on any atom is 0.144 e. The lowest BCUT2D eigenvalue weighted by atomic mass is 9.77. The zero-order valence-electron chi connectivity index (χ0n) is 10.1. The van der Waals surface area contributed by atoms with E-state index in [0.29, 0.717) is 0 Å². The molecule has 94 valence electrons. The molecule has 0 saturated heterocycles. The van der Waals surface area contributed by atoms with Crippen molar-refractivity contribution in [3.8, 4) is 0 Å². The predicted octanol–water partition coefficient (Wildman–Crippen LogP) is 5.00. The van der Waals surface area contributed by atoms with Crippen LogP contribution in [-0.4, -0.2) is 4.07 Å². The van der Waals surface area contributed by atoms with Crippen molar-refractivity contribution in [3.05, 3.63) is 71.8 Å². The Morgan fingerprint density at radius 1 is 0.778 bits per heavy atom. The fourth-order valence-corrected chi connectivity index (χ4v) is 2.86. The van der Waals surface area contributed by atoms with Gasteiger partial charge in [0.15, 0.2) is 0 Å². The molecule has 2 rings (SSSR count). The number of benzene rings is 2. The lowest BCUT2D eigenvalue weighted by molar-refractivity contribution is 0.591. The van der Waals surface area contributed by atoms with E-state index >= 15 is 0 Å². The summed E-state index contributed by atoms with van der Waals surface area (Å²) in [6, 6.07) is 20.2. The van der Waals surface area contributed by atoms with Gasteiger partial charge in [-0.1, -0.05) is 93.1 Å². The molecule has 0 saturated carbocycles. The first-order valence-corrected chi connectivity index (χ1v) is 7.07. The van der Waals surface area contributed by atoms with Gasteiger partial charge in [-0.2, -0.15) is 0 Å². The zero-order chi connectivity index (χ0) is 13.2. The summed E-state index contributed by atoms with van der Waals surface area (Å²) in [5.41, 5.74) is 1.70. The van der Waals surface area contributed by atoms with E-state index in [-0.39, 0.29) is 0 Å². The molecular weight excluding hydrogens is 282 g/mol. The van der Waals surface area contributed by atoms with Gasteiger partial charge in [0.25, 0.3) is 0 Å². The van der Waals surface area contributed by atoms with Crippen molar-refractivity contribution in [3.63, 3.8) is 0 Å². The van der Waals surface area contributed by atoms with Crippen molar-refractivity contribution >= 4 is 32.4 Å². The van der Waals surface area contributed by atoms with Gasteiger partial charge in [-0.3, -0.25) is 0 Å². The molecule has 0 aromatic heterocycles. The van der Waals surface area contributed by atoms with E-state index in [9.17, 15) is 0 Å². The van der Waals surface area contributed by atoms with Crippen LogP contribution in [0.3, 0.4) is 0 Å². The minimum Gasteiger partial charge on any atom is -0.0974 e. The summed E-state index contributed by atoms with van der Waals surface area (Å²) in [4.78, 5) is 0. The quantitative estimate of drug-likeness (QED) is 0.552. The molecule has 2 aromatic rings. The standard InChI is InChI=1S/C15H15Cl2P/c1-14(15(16,17)18,12-8-4-2-5-9-12)13-10-6-3-7-11-13/h2-11H,18H2,1H3. The zero-order valence-corrected chi connectivity index (χ0v) is 12.8. The van der Waals surface area contributed by atoms with Crippen LogP contribution in [-0.2, 0) is 5.41 Å². The molecule has 1 unspecified atom stereocenters. The highest BCUT2D eigenvalue weighted by Crippen LogP contribution is 2.51. The number of halogens is 2. The lowest BCUT2D eigenvalue weighted by Crippen LogP contribution is -2.37. The van der Waals surface area contributed by atoms with Gasteiger partial charge in [-0.05, 0) is 18.1 Å². The van der Waals surface area contributed by atoms with E-state index in [1.165, 1.54) is 0 Å². The summed E-state index contributed by atoms with van der Waals surface area (Å²) in [7, 11) is 2.54. The van der Waals surface area contributed by atoms with Crippen LogP contribution in [0.2, 0.25) is 0 Å². The van der Waals surface area contributed by atoms with Crippen molar-refractivity contribution in [2.45, 2.75) is 16.4 Å². The monoisotopic (exact) mass is 296 g/mol. The maximum atomic E-state index is 6.44. The number of alkyl halides is 2. The SMILES string of the molecule is CC(c1ccccc1)(c1ccccc1)C(P)(Cl)Cl. The first kappa shape index (κ1) is 13.9. The minimum absolute atomic E-state index is 0.483. The predicted molar refractivity (Wildman–Crippen MR) is 83.5 cm³/mol. The van der Waals surface area contributed by atoms with Gasteiger partial charge >= 0.3 is 0 Å². The molecule has 0 aliphatic carbocycles. The summed E-state index contributed by atoms with van der Waals surface area (Å²) in [6.07, 6.45) is 0. The Labute approximate surface area is 121 Å². The first-order valence-electron chi connectivity index (χ1n) is 5.74. The molecule has 0 spiro atoms. The van der Waals surface area contributed by atoms with Crippen LogP contribution < -0.4 is 0 Å². The molecule has 0 nitrogen and oxygen atoms in total. The molecule has 0 aliphatic heterocycles. The van der Waals surface area contributed by atoms with E-state index in [1.54, 1.807) is 0 Å². The second-order valence-electron chi connectivity index (χ2n) is 4.48. The summed E-state index contributed by atoms with van der Waals surface area (Å²) in [5, 5.41) is 0. The lowest BCUT2D eigenvalue weighted by Gasteiger charge is -2.39. The normalized spacial score (nSPS) is 12.4. The van der Waals surface area contributed by atoms with Crippen LogP contribution >= 0.6 is 32.4 Å². The van der Waals surface area contributed by atoms with Crippen LogP contribution in [0.25, 0.3) is 0 Å². The average Bonchev–Trinajstić information content (AvgIpc) is 2.38. The van der Waals surface area contributed by atoms with Crippen LogP contribution in [0.15, 0.2) is 60.7 Å². The van der Waals surface area contributed by atoms with E-state index < -0.39 is 9.49 Å². The van der Waals surface area contributed by atoms with Crippen molar-refractivity contribution in [2.75, 3.05) is 0 Å². The topological polar surface area (TPSA) is 0 Å². The van der Waals surface area contributed by atoms with Crippen molar-refractivity contribution in [1.29, 1.82) is 0 Å². The van der Waals surface area contributed by atoms with Crippen molar-refractivity contribution in [1.82, 2.24) is 0 Å². The number of hydrogen-bond donors (Lipinski definition) is 0. The fraction of sp³-hybridized carbons (Fsp3) is 0.200. The maximum absolute atomic E-state index is 6.44. The van der Waals surface area contributed by atoms with Gasteiger partial charge in [0.1, 0.15) is 4.07 Å². The van der Waals surface area contributed by atoms with Gasteiger partial charge in [0, 0.05) is 0 Å². The Morgan fingerprint density at radius 2 is 1.11 bits per heavy atom. The van der Waals surface area contributed by atoms with Gasteiger partial charge < -0.3 is 0 Å². The molecule has 3 heteroatoms. The van der Waals surface area contributed by atoms with Gasteiger partial charge in [0.05, 0.1) is 5.41 Å². The second-order valence-corrected chi connectivity index (χ2v) is 7.46. The van der Waals surface area contributed by atoms with E-state index in [0.717, 1.165) is 11.1 Å². The summed E-state index contributed by atoms with van der Waals surface area (Å²) in [5.74, 6) is 0. The van der Waals surface area contributed by atoms with E-state index in [4.69, 9.17) is 23.2 Å². The molecule has 0 amide bonds. The molecule has 0 heterocycles. The van der Waals surface area contributed by atoms with Crippen LogP contribution in [0.4, 0.5) is 0 Å². The highest BCUT2D eigenvalue weighted by atomic mass is 35.5. The second kappa shape index (κ2) is 5.21. The number of rotatable bonds is 3. The molecule has 0 fully saturated rings. The number of hydrogen-bond acceptors (Lipinski definition) is 0. The Balaban J connectivity index is 2.63. The van der Waals surface area contributed by atoms with Crippen LogP contribution in [0.1, 0.15) is 18.1 Å². The molecule has 1 atom stereocenters. The fourth-order valence-electron chi connectivity index (χ4n) is 2.09. The summed E-state index contributed by atoms with van der Waals surface area (Å²) < 4.78 is -0.976. The molecular formula is C15H15Cl2P. The molecule has 2 aromatic carbocycles. The Morgan fingerprint density at radius 3 is 1.39 bits per heavy atom. The molecule has 0 radical (unpaired) electrons. The molecule has 18 heavy (non-hydrogen) atoms. The smallest absolute Gasteiger partial charge is 0.0974 e. The van der Waals surface area contributed by atoms with E-state index in [1.807, 2.05) is 36.4 Å². The van der Waals surface area contributed by atoms with E-state index in [2.05, 4.69) is 40.4 Å². The highest BCUT2D eigenvalue weighted by Gasteiger charge is 2.44. The Bertz CT molecular complexity index is 464. The third-order valence-electron chi connectivity index (χ3n) is 3.37. The Hall–Kier alpha value is -0.550. The highest BCUT2D eigenvalue weighted by molar-refractivity contribution is 7.27. The van der Waals surface area contributed by atoms with Crippen LogP contribution in [0.5, 0.6) is 0 Å². The minimum atomic E-state index is -0.976. The third-order valence-corrected chi connectivity index (χ3v) is 4.70. The van der Waals surface area contributed by atoms with Gasteiger partial charge in [-0.25, -0.2) is 0 Å². The van der Waals surface area contributed by atoms with Gasteiger partial charge in [-0.15, -0.1) is 0 Å². The molecule has 0 bridgehead atoms. The van der Waals surface area contributed by atoms with Gasteiger partial charge in [0.2, 0.25) is 0 Å². The van der Waals surface area contributed by atoms with Crippen LogP contribution in [0, 0.1) is 0 Å².